The number of aliphatic hydroxyl groups is 1. The Morgan fingerprint density at radius 3 is 1.94 bits per heavy atom. The van der Waals surface area contributed by atoms with Gasteiger partial charge in [0.05, 0.1) is 18.6 Å². The first-order valence-electron chi connectivity index (χ1n) is 9.86. The zero-order chi connectivity index (χ0) is 25.7. The summed E-state index contributed by atoms with van der Waals surface area (Å²) < 4.78 is 0. The molecule has 188 valence electrons. The van der Waals surface area contributed by atoms with E-state index in [1.165, 1.54) is 11.8 Å². The van der Waals surface area contributed by atoms with Crippen LogP contribution in [0.4, 0.5) is 0 Å². The maximum Gasteiger partial charge on any atom is 0.326 e. The summed E-state index contributed by atoms with van der Waals surface area (Å²) in [6.07, 6.45) is -0.966. The number of nitrogens with one attached hydrogen (secondary N) is 3. The minimum absolute atomic E-state index is 0.301. The summed E-state index contributed by atoms with van der Waals surface area (Å²) in [5.41, 5.74) is 10.7. The van der Waals surface area contributed by atoms with Gasteiger partial charge in [0.2, 0.25) is 23.6 Å². The number of carbonyl (C=O) groups excluding carboxylic acids is 4. The molecule has 0 fully saturated rings. The molecule has 0 aromatic carbocycles. The van der Waals surface area contributed by atoms with Crippen LogP contribution in [0.15, 0.2) is 0 Å². The highest BCUT2D eigenvalue weighted by Crippen LogP contribution is 2.05. The molecule has 0 radical (unpaired) electrons. The summed E-state index contributed by atoms with van der Waals surface area (Å²) in [6.45, 7) is 1.14. The van der Waals surface area contributed by atoms with Crippen molar-refractivity contribution in [2.24, 2.45) is 11.5 Å². The molecular formula is C18H31N5O9S. The Labute approximate surface area is 194 Å². The second-order valence-electron chi connectivity index (χ2n) is 7.18. The second-order valence-corrected chi connectivity index (χ2v) is 8.16. The van der Waals surface area contributed by atoms with Gasteiger partial charge in [0.15, 0.2) is 0 Å². The molecule has 4 amide bonds. The van der Waals surface area contributed by atoms with Crippen LogP contribution in [0.2, 0.25) is 0 Å². The van der Waals surface area contributed by atoms with E-state index in [0.29, 0.717) is 12.2 Å². The van der Waals surface area contributed by atoms with Crippen LogP contribution >= 0.6 is 11.8 Å². The van der Waals surface area contributed by atoms with Crippen molar-refractivity contribution in [3.05, 3.63) is 0 Å². The van der Waals surface area contributed by atoms with Gasteiger partial charge < -0.3 is 42.7 Å². The van der Waals surface area contributed by atoms with Gasteiger partial charge in [-0.05, 0) is 31.8 Å². The lowest BCUT2D eigenvalue weighted by Crippen LogP contribution is -2.60. The standard InChI is InChI=1S/C18H31N5O9S/c1-8(24)14(17(30)22-11(18(31)32)7-12(20)25)23-16(29)10(3-4-13(26)27)21-15(28)9(19)5-6-33-2/h8-11,14,24H,3-7,19H2,1-2H3,(H2,20,25)(H,21,28)(H,22,30)(H,23,29)(H,26,27)(H,31,32). The normalized spacial score (nSPS) is 15.3. The fourth-order valence-corrected chi connectivity index (χ4v) is 3.00. The van der Waals surface area contributed by atoms with Crippen molar-refractivity contribution in [2.45, 2.75) is 62.9 Å². The Balaban J connectivity index is 5.45. The van der Waals surface area contributed by atoms with Crippen molar-refractivity contribution in [1.82, 2.24) is 16.0 Å². The highest BCUT2D eigenvalue weighted by atomic mass is 32.2. The maximum atomic E-state index is 12.7. The average Bonchev–Trinajstić information content (AvgIpc) is 2.71. The van der Waals surface area contributed by atoms with Gasteiger partial charge in [0.25, 0.3) is 0 Å². The van der Waals surface area contributed by atoms with Crippen molar-refractivity contribution in [2.75, 3.05) is 12.0 Å². The SMILES string of the molecule is CSCCC(N)C(=O)NC(CCC(=O)O)C(=O)NC(C(=O)NC(CC(N)=O)C(=O)O)C(C)O. The molecule has 0 spiro atoms. The third kappa shape index (κ3) is 12.1. The van der Waals surface area contributed by atoms with Gasteiger partial charge in [-0.25, -0.2) is 4.79 Å². The molecule has 10 N–H and O–H groups in total. The minimum atomic E-state index is -1.70. The lowest BCUT2D eigenvalue weighted by atomic mass is 10.1. The molecule has 0 saturated heterocycles. The number of carboxylic acids is 2. The van der Waals surface area contributed by atoms with Crippen LogP contribution in [-0.4, -0.2) is 93.2 Å². The lowest BCUT2D eigenvalue weighted by molar-refractivity contribution is -0.144. The fraction of sp³-hybridized carbons (Fsp3) is 0.667. The van der Waals surface area contributed by atoms with Crippen LogP contribution in [-0.2, 0) is 28.8 Å². The number of thioether (sulfide) groups is 1. The van der Waals surface area contributed by atoms with Gasteiger partial charge in [0, 0.05) is 6.42 Å². The molecular weight excluding hydrogens is 462 g/mol. The number of aliphatic carboxylic acids is 2. The number of carbonyl (C=O) groups is 6. The van der Waals surface area contributed by atoms with Crippen LogP contribution in [0.25, 0.3) is 0 Å². The molecule has 0 aliphatic rings. The Bertz CT molecular complexity index is 734. The zero-order valence-electron chi connectivity index (χ0n) is 18.3. The van der Waals surface area contributed by atoms with E-state index in [0.717, 1.165) is 6.92 Å². The second kappa shape index (κ2) is 15.0. The quantitative estimate of drug-likeness (QED) is 0.106. The van der Waals surface area contributed by atoms with Crippen LogP contribution in [0.1, 0.15) is 32.6 Å². The van der Waals surface area contributed by atoms with Crippen LogP contribution in [0.3, 0.4) is 0 Å². The summed E-state index contributed by atoms with van der Waals surface area (Å²) >= 11 is 1.45. The molecule has 33 heavy (non-hydrogen) atoms. The van der Waals surface area contributed by atoms with Crippen molar-refractivity contribution in [3.8, 4) is 0 Å². The van der Waals surface area contributed by atoms with E-state index in [1.807, 2.05) is 11.6 Å². The van der Waals surface area contributed by atoms with E-state index in [-0.39, 0.29) is 6.42 Å². The van der Waals surface area contributed by atoms with Gasteiger partial charge >= 0.3 is 11.9 Å². The summed E-state index contributed by atoms with van der Waals surface area (Å²) in [7, 11) is 0. The van der Waals surface area contributed by atoms with Gasteiger partial charge in [-0.1, -0.05) is 0 Å². The Kier molecular flexibility index (Phi) is 13.7. The number of hydrogen-bond acceptors (Lipinski definition) is 9. The predicted molar refractivity (Wildman–Crippen MR) is 117 cm³/mol. The highest BCUT2D eigenvalue weighted by molar-refractivity contribution is 7.98. The zero-order valence-corrected chi connectivity index (χ0v) is 19.1. The predicted octanol–water partition coefficient (Wildman–Crippen LogP) is -3.27. The Morgan fingerprint density at radius 1 is 0.909 bits per heavy atom. The molecule has 0 aliphatic heterocycles. The number of carboxylic acid groups (broad SMARTS) is 2. The van der Waals surface area contributed by atoms with Crippen molar-refractivity contribution in [3.63, 3.8) is 0 Å². The van der Waals surface area contributed by atoms with Crippen LogP contribution < -0.4 is 27.4 Å². The van der Waals surface area contributed by atoms with Crippen LogP contribution in [0, 0.1) is 0 Å². The largest absolute Gasteiger partial charge is 0.481 e. The first-order valence-corrected chi connectivity index (χ1v) is 11.3. The Morgan fingerprint density at radius 2 is 1.48 bits per heavy atom. The molecule has 5 atom stereocenters. The molecule has 0 rings (SSSR count). The lowest BCUT2D eigenvalue weighted by Gasteiger charge is -2.26. The van der Waals surface area contributed by atoms with E-state index in [2.05, 4.69) is 10.6 Å². The molecule has 14 nitrogen and oxygen atoms in total. The summed E-state index contributed by atoms with van der Waals surface area (Å²) in [4.78, 5) is 70.6. The number of rotatable bonds is 16. The monoisotopic (exact) mass is 493 g/mol. The number of nitrogens with two attached hydrogens (primary N) is 2. The molecule has 0 aliphatic carbocycles. The van der Waals surface area contributed by atoms with Crippen molar-refractivity contribution >= 4 is 47.3 Å². The number of aliphatic hydroxyl groups excluding tert-OH is 1. The van der Waals surface area contributed by atoms with Gasteiger partial charge in [0.1, 0.15) is 18.1 Å². The van der Waals surface area contributed by atoms with Gasteiger partial charge in [-0.15, -0.1) is 0 Å². The molecule has 0 heterocycles. The van der Waals surface area contributed by atoms with Crippen molar-refractivity contribution in [1.29, 1.82) is 0 Å². The molecule has 5 unspecified atom stereocenters. The highest BCUT2D eigenvalue weighted by Gasteiger charge is 2.33. The van der Waals surface area contributed by atoms with E-state index in [9.17, 15) is 33.9 Å². The summed E-state index contributed by atoms with van der Waals surface area (Å²) in [6, 6.07) is -5.74. The number of primary amides is 1. The number of amides is 4. The van der Waals surface area contributed by atoms with E-state index < -0.39 is 78.7 Å². The smallest absolute Gasteiger partial charge is 0.326 e. The maximum absolute atomic E-state index is 12.7. The molecule has 0 saturated carbocycles. The minimum Gasteiger partial charge on any atom is -0.481 e. The Hall–Kier alpha value is -2.91. The first-order chi connectivity index (χ1) is 15.3. The van der Waals surface area contributed by atoms with Gasteiger partial charge in [-0.3, -0.25) is 24.0 Å². The molecule has 0 aromatic rings. The van der Waals surface area contributed by atoms with Gasteiger partial charge in [-0.2, -0.15) is 11.8 Å². The topological polar surface area (TPSA) is 251 Å². The summed E-state index contributed by atoms with van der Waals surface area (Å²) in [5.74, 6) is -6.08. The van der Waals surface area contributed by atoms with E-state index in [1.54, 1.807) is 0 Å². The third-order valence-corrected chi connectivity index (χ3v) is 4.98. The van der Waals surface area contributed by atoms with E-state index in [4.69, 9.17) is 21.7 Å². The number of hydrogen-bond donors (Lipinski definition) is 8. The van der Waals surface area contributed by atoms with Crippen molar-refractivity contribution < 1.29 is 44.1 Å². The molecule has 0 aromatic heterocycles. The van der Waals surface area contributed by atoms with Crippen LogP contribution in [0.5, 0.6) is 0 Å². The van der Waals surface area contributed by atoms with E-state index >= 15 is 0 Å². The first kappa shape index (κ1) is 30.1. The fourth-order valence-electron chi connectivity index (χ4n) is 2.51. The third-order valence-electron chi connectivity index (χ3n) is 4.33. The molecule has 15 heteroatoms. The molecule has 0 bridgehead atoms. The average molecular weight is 494 g/mol. The summed E-state index contributed by atoms with van der Waals surface area (Å²) in [5, 5.41) is 34.4.